The first-order valence-electron chi connectivity index (χ1n) is 9.39. The summed E-state index contributed by atoms with van der Waals surface area (Å²) in [5.74, 6) is 0.768. The summed E-state index contributed by atoms with van der Waals surface area (Å²) < 4.78 is 12.5. The Bertz CT molecular complexity index is 1080. The Morgan fingerprint density at radius 3 is 2.39 bits per heavy atom. The van der Waals surface area contributed by atoms with E-state index in [9.17, 15) is 4.79 Å². The van der Waals surface area contributed by atoms with E-state index in [2.05, 4.69) is 0 Å². The second-order valence-corrected chi connectivity index (χ2v) is 8.59. The van der Waals surface area contributed by atoms with Gasteiger partial charge in [-0.2, -0.15) is 0 Å². The highest BCUT2D eigenvalue weighted by Gasteiger charge is 2.18. The monoisotopic (exact) mass is 476 g/mol. The summed E-state index contributed by atoms with van der Waals surface area (Å²) in [6.45, 7) is 0.0101. The highest BCUT2D eigenvalue weighted by Crippen LogP contribution is 2.38. The Morgan fingerprint density at radius 2 is 1.71 bits per heavy atom. The van der Waals surface area contributed by atoms with Gasteiger partial charge in [-0.05, 0) is 65.5 Å². The van der Waals surface area contributed by atoms with Crippen LogP contribution in [0, 0.1) is 0 Å². The molecule has 0 bridgehead atoms. The van der Waals surface area contributed by atoms with Crippen molar-refractivity contribution in [3.63, 3.8) is 0 Å². The van der Waals surface area contributed by atoms with Crippen molar-refractivity contribution < 1.29 is 14.3 Å². The zero-order valence-corrected chi connectivity index (χ0v) is 19.4. The number of methoxy groups -OCH3 is 2. The minimum absolute atomic E-state index is 0.0101. The van der Waals surface area contributed by atoms with E-state index in [1.165, 1.54) is 11.9 Å². The Balaban J connectivity index is 1.99. The first kappa shape index (κ1) is 23.1. The lowest BCUT2D eigenvalue weighted by Gasteiger charge is -2.25. The zero-order valence-electron chi connectivity index (χ0n) is 17.1. The minimum Gasteiger partial charge on any atom is -0.493 e. The van der Waals surface area contributed by atoms with Gasteiger partial charge in [0.25, 0.3) is 0 Å². The molecule has 0 aliphatic rings. The van der Waals surface area contributed by atoms with Crippen molar-refractivity contribution in [2.75, 3.05) is 25.1 Å². The Hall–Kier alpha value is -2.54. The van der Waals surface area contributed by atoms with Crippen molar-refractivity contribution in [2.24, 2.45) is 5.73 Å². The summed E-state index contributed by atoms with van der Waals surface area (Å²) in [5, 5.41) is 1.27. The fourth-order valence-electron chi connectivity index (χ4n) is 3.09. The van der Waals surface area contributed by atoms with Gasteiger partial charge in [-0.25, -0.2) is 0 Å². The van der Waals surface area contributed by atoms with E-state index in [0.29, 0.717) is 28.0 Å². The molecule has 0 unspecified atom stereocenters. The van der Waals surface area contributed by atoms with Crippen molar-refractivity contribution in [1.82, 2.24) is 0 Å². The number of anilines is 1. The van der Waals surface area contributed by atoms with Gasteiger partial charge in [0.05, 0.1) is 19.9 Å². The molecule has 0 aromatic heterocycles. The number of halogens is 2. The lowest BCUT2D eigenvalue weighted by molar-refractivity contribution is -0.116. The molecule has 0 saturated heterocycles. The van der Waals surface area contributed by atoms with E-state index in [-0.39, 0.29) is 6.54 Å². The number of hydrogen-bond donors (Lipinski definition) is 1. The fourth-order valence-corrected chi connectivity index (χ4v) is 4.50. The number of nitrogens with zero attached hydrogens (tertiary/aromatic N) is 1. The average molecular weight is 477 g/mol. The van der Waals surface area contributed by atoms with Gasteiger partial charge in [0.2, 0.25) is 5.91 Å². The molecule has 31 heavy (non-hydrogen) atoms. The predicted molar refractivity (Wildman–Crippen MR) is 128 cm³/mol. The number of carbonyl (C=O) groups is 1. The standard InChI is InChI=1S/C23H22Cl2N2O3S/c1-29-21-10-8-18(13-22(21)30-2)31-27(14-23(26)28)20-9-7-17(24)12-16(20)11-15-5-3-4-6-19(15)25/h3-10,12-13H,11,14H2,1-2H3,(H2,26,28). The summed E-state index contributed by atoms with van der Waals surface area (Å²) >= 11 is 14.0. The lowest BCUT2D eigenvalue weighted by Crippen LogP contribution is -2.29. The smallest absolute Gasteiger partial charge is 0.238 e. The second kappa shape index (κ2) is 10.7. The third-order valence-corrected chi connectivity index (χ3v) is 6.13. The van der Waals surface area contributed by atoms with Crippen molar-refractivity contribution in [2.45, 2.75) is 11.3 Å². The van der Waals surface area contributed by atoms with Gasteiger partial charge in [-0.15, -0.1) is 0 Å². The van der Waals surface area contributed by atoms with Crippen LogP contribution in [0.2, 0.25) is 10.0 Å². The third-order valence-electron chi connectivity index (χ3n) is 4.52. The molecule has 162 valence electrons. The van der Waals surface area contributed by atoms with Gasteiger partial charge >= 0.3 is 0 Å². The van der Waals surface area contributed by atoms with E-state index in [1.807, 2.05) is 58.9 Å². The number of carbonyl (C=O) groups excluding carboxylic acids is 1. The van der Waals surface area contributed by atoms with Crippen LogP contribution in [-0.4, -0.2) is 26.7 Å². The molecule has 0 spiro atoms. The van der Waals surface area contributed by atoms with Crippen molar-refractivity contribution in [3.8, 4) is 11.5 Å². The van der Waals surface area contributed by atoms with Crippen LogP contribution in [0.3, 0.4) is 0 Å². The number of rotatable bonds is 9. The van der Waals surface area contributed by atoms with Gasteiger partial charge in [-0.3, -0.25) is 4.79 Å². The average Bonchev–Trinajstić information content (AvgIpc) is 2.74. The SMILES string of the molecule is COc1ccc(SN(CC(N)=O)c2ccc(Cl)cc2Cc2ccccc2Cl)cc1OC. The largest absolute Gasteiger partial charge is 0.493 e. The summed E-state index contributed by atoms with van der Waals surface area (Å²) in [4.78, 5) is 12.7. The van der Waals surface area contributed by atoms with Crippen LogP contribution in [-0.2, 0) is 11.2 Å². The Kier molecular flexibility index (Phi) is 7.96. The summed E-state index contributed by atoms with van der Waals surface area (Å²) in [5.41, 5.74) is 8.27. The van der Waals surface area contributed by atoms with Gasteiger partial charge in [0.15, 0.2) is 11.5 Å². The van der Waals surface area contributed by atoms with Crippen LogP contribution in [0.5, 0.6) is 11.5 Å². The summed E-state index contributed by atoms with van der Waals surface area (Å²) in [6, 6.07) is 18.7. The van der Waals surface area contributed by atoms with E-state index in [4.69, 9.17) is 38.4 Å². The molecular weight excluding hydrogens is 455 g/mol. The molecule has 0 heterocycles. The quantitative estimate of drug-likeness (QED) is 0.407. The molecule has 0 saturated carbocycles. The first-order valence-corrected chi connectivity index (χ1v) is 10.9. The van der Waals surface area contributed by atoms with Crippen LogP contribution in [0.25, 0.3) is 0 Å². The first-order chi connectivity index (χ1) is 14.9. The van der Waals surface area contributed by atoms with Crippen LogP contribution >= 0.6 is 35.1 Å². The maximum Gasteiger partial charge on any atom is 0.238 e. The highest BCUT2D eigenvalue weighted by atomic mass is 35.5. The molecule has 3 rings (SSSR count). The van der Waals surface area contributed by atoms with Crippen molar-refractivity contribution >= 4 is 46.7 Å². The highest BCUT2D eigenvalue weighted by molar-refractivity contribution is 8.00. The van der Waals surface area contributed by atoms with E-state index in [0.717, 1.165) is 21.7 Å². The maximum atomic E-state index is 11.9. The van der Waals surface area contributed by atoms with Gasteiger partial charge in [-0.1, -0.05) is 41.4 Å². The van der Waals surface area contributed by atoms with Gasteiger partial charge in [0, 0.05) is 21.4 Å². The van der Waals surface area contributed by atoms with E-state index < -0.39 is 5.91 Å². The maximum absolute atomic E-state index is 11.9. The number of hydrogen-bond acceptors (Lipinski definition) is 5. The molecule has 5 nitrogen and oxygen atoms in total. The summed E-state index contributed by atoms with van der Waals surface area (Å²) in [7, 11) is 3.16. The van der Waals surface area contributed by atoms with Crippen molar-refractivity contribution in [3.05, 3.63) is 81.8 Å². The third kappa shape index (κ3) is 6.00. The molecule has 3 aromatic carbocycles. The van der Waals surface area contributed by atoms with E-state index in [1.54, 1.807) is 20.3 Å². The topological polar surface area (TPSA) is 64.8 Å². The Labute approximate surface area is 196 Å². The molecule has 0 aliphatic heterocycles. The van der Waals surface area contributed by atoms with Crippen LogP contribution < -0.4 is 19.5 Å². The normalized spacial score (nSPS) is 10.6. The molecule has 0 atom stereocenters. The fraction of sp³-hybridized carbons (Fsp3) is 0.174. The molecule has 1 amide bonds. The van der Waals surface area contributed by atoms with Gasteiger partial charge in [0.1, 0.15) is 6.54 Å². The molecule has 0 aliphatic carbocycles. The number of nitrogens with two attached hydrogens (primary N) is 1. The van der Waals surface area contributed by atoms with Crippen LogP contribution in [0.15, 0.2) is 65.6 Å². The molecule has 2 N–H and O–H groups in total. The number of amides is 1. The second-order valence-electron chi connectivity index (χ2n) is 6.65. The molecule has 3 aromatic rings. The predicted octanol–water partition coefficient (Wildman–Crippen LogP) is 5.60. The Morgan fingerprint density at radius 1 is 0.968 bits per heavy atom. The van der Waals surface area contributed by atoms with Crippen molar-refractivity contribution in [1.29, 1.82) is 0 Å². The molecule has 0 radical (unpaired) electrons. The number of primary amides is 1. The zero-order chi connectivity index (χ0) is 22.4. The minimum atomic E-state index is -0.452. The molecule has 0 fully saturated rings. The molecular formula is C23H22Cl2N2O3S. The van der Waals surface area contributed by atoms with Gasteiger partial charge < -0.3 is 19.5 Å². The lowest BCUT2D eigenvalue weighted by atomic mass is 10.0. The van der Waals surface area contributed by atoms with E-state index >= 15 is 0 Å². The number of ether oxygens (including phenoxy) is 2. The number of benzene rings is 3. The van der Waals surface area contributed by atoms with Crippen LogP contribution in [0.1, 0.15) is 11.1 Å². The summed E-state index contributed by atoms with van der Waals surface area (Å²) in [6.07, 6.45) is 0.553. The van der Waals surface area contributed by atoms with Crippen LogP contribution in [0.4, 0.5) is 5.69 Å². The molecule has 8 heteroatoms.